The summed E-state index contributed by atoms with van der Waals surface area (Å²) in [4.78, 5) is 12.5. The Morgan fingerprint density at radius 1 is 0.880 bits per heavy atom. The van der Waals surface area contributed by atoms with E-state index in [0.717, 1.165) is 15.3 Å². The van der Waals surface area contributed by atoms with E-state index in [1.807, 2.05) is 36.4 Å². The molecule has 0 saturated heterocycles. The Morgan fingerprint density at radius 2 is 1.44 bits per heavy atom. The maximum Gasteiger partial charge on any atom is 0.225 e. The lowest BCUT2D eigenvalue weighted by atomic mass is 10.3. The first-order valence-electron chi connectivity index (χ1n) is 8.05. The number of amides is 1. The minimum absolute atomic E-state index is 0.0531. The second-order valence-corrected chi connectivity index (χ2v) is 7.76. The topological polar surface area (TPSA) is 56.0 Å². The summed E-state index contributed by atoms with van der Waals surface area (Å²) in [6, 6.07) is 25.4. The van der Waals surface area contributed by atoms with Gasteiger partial charge in [-0.25, -0.2) is 0 Å². The van der Waals surface area contributed by atoms with Gasteiger partial charge in [0, 0.05) is 12.1 Å². The maximum atomic E-state index is 12.5. The third-order valence-electron chi connectivity index (χ3n) is 3.81. The Balaban J connectivity index is 1.72. The summed E-state index contributed by atoms with van der Waals surface area (Å²) in [6.07, 6.45) is 1.83. The van der Waals surface area contributed by atoms with Crippen molar-refractivity contribution in [1.82, 2.24) is 5.32 Å². The fraction of sp³-hybridized carbons (Fsp3) is 0.100. The van der Waals surface area contributed by atoms with Gasteiger partial charge in [0.1, 0.15) is 6.54 Å². The van der Waals surface area contributed by atoms with Crippen molar-refractivity contribution in [3.63, 3.8) is 0 Å². The molecule has 1 amide bonds. The highest BCUT2D eigenvalue weighted by Crippen LogP contribution is 2.32. The number of rotatable bonds is 6. The molecule has 1 aromatic heterocycles. The molecule has 25 heavy (non-hydrogen) atoms. The molecule has 3 aromatic rings. The second-order valence-electron chi connectivity index (χ2n) is 5.55. The van der Waals surface area contributed by atoms with Crippen molar-refractivity contribution in [2.24, 2.45) is 0 Å². The minimum Gasteiger partial charge on any atom is -0.618 e. The highest BCUT2D eigenvalue weighted by atomic mass is 31.1. The quantitative estimate of drug-likeness (QED) is 0.420. The van der Waals surface area contributed by atoms with Crippen molar-refractivity contribution < 1.29 is 9.52 Å². The van der Waals surface area contributed by atoms with Crippen LogP contribution in [-0.4, -0.2) is 12.1 Å². The van der Waals surface area contributed by atoms with E-state index in [-0.39, 0.29) is 12.5 Å². The van der Waals surface area contributed by atoms with Crippen molar-refractivity contribution in [2.75, 3.05) is 6.16 Å². The minimum atomic E-state index is -0.775. The molecule has 0 radical (unpaired) electrons. The van der Waals surface area contributed by atoms with E-state index >= 15 is 0 Å². The smallest absolute Gasteiger partial charge is 0.225 e. The van der Waals surface area contributed by atoms with Crippen LogP contribution in [0.1, 0.15) is 5.69 Å². The van der Waals surface area contributed by atoms with E-state index in [4.69, 9.17) is 0 Å². The van der Waals surface area contributed by atoms with Gasteiger partial charge in [-0.2, -0.15) is 4.73 Å². The molecule has 1 heterocycles. The largest absolute Gasteiger partial charge is 0.618 e. The van der Waals surface area contributed by atoms with Crippen LogP contribution in [0.5, 0.6) is 0 Å². The van der Waals surface area contributed by atoms with Gasteiger partial charge in [-0.3, -0.25) is 4.79 Å². The monoisotopic (exact) mass is 350 g/mol. The van der Waals surface area contributed by atoms with Crippen LogP contribution in [0.3, 0.4) is 0 Å². The van der Waals surface area contributed by atoms with Crippen LogP contribution in [0, 0.1) is 5.21 Å². The molecule has 0 saturated carbocycles. The molecule has 0 fully saturated rings. The summed E-state index contributed by atoms with van der Waals surface area (Å²) in [5.41, 5.74) is 0.527. The van der Waals surface area contributed by atoms with Gasteiger partial charge >= 0.3 is 0 Å². The lowest BCUT2D eigenvalue weighted by molar-refractivity contribution is -0.614. The van der Waals surface area contributed by atoms with E-state index < -0.39 is 7.92 Å². The van der Waals surface area contributed by atoms with Crippen molar-refractivity contribution in [1.29, 1.82) is 0 Å². The first-order chi connectivity index (χ1) is 12.2. The SMILES string of the molecule is O=C(CP(c1ccccc1)c1ccccc1)NCc1cccc[n+]1[O-]. The number of benzene rings is 2. The van der Waals surface area contributed by atoms with Crippen molar-refractivity contribution >= 4 is 24.4 Å². The van der Waals surface area contributed by atoms with Crippen molar-refractivity contribution in [3.8, 4) is 0 Å². The van der Waals surface area contributed by atoms with Crippen LogP contribution in [0.15, 0.2) is 85.1 Å². The van der Waals surface area contributed by atoms with E-state index in [1.54, 1.807) is 18.2 Å². The highest BCUT2D eigenvalue weighted by molar-refractivity contribution is 7.73. The maximum absolute atomic E-state index is 12.5. The predicted molar refractivity (Wildman–Crippen MR) is 101 cm³/mol. The number of carbonyl (C=O) groups is 1. The summed E-state index contributed by atoms with van der Waals surface area (Å²) in [5, 5.41) is 16.9. The molecule has 3 rings (SSSR count). The molecule has 5 heteroatoms. The van der Waals surface area contributed by atoms with Crippen LogP contribution in [-0.2, 0) is 11.3 Å². The first kappa shape index (κ1) is 17.1. The normalized spacial score (nSPS) is 10.6. The predicted octanol–water partition coefficient (Wildman–Crippen LogP) is 2.07. The molecule has 1 N–H and O–H groups in total. The van der Waals surface area contributed by atoms with Crippen molar-refractivity contribution in [3.05, 3.63) is 96.0 Å². The van der Waals surface area contributed by atoms with E-state index in [2.05, 4.69) is 29.6 Å². The van der Waals surface area contributed by atoms with Crippen LogP contribution >= 0.6 is 7.92 Å². The molecule has 126 valence electrons. The Morgan fingerprint density at radius 3 is 2.00 bits per heavy atom. The Labute approximate surface area is 148 Å². The van der Waals surface area contributed by atoms with Gasteiger partial charge in [0.05, 0.1) is 6.16 Å². The molecule has 0 aliphatic rings. The van der Waals surface area contributed by atoms with Crippen LogP contribution in [0.25, 0.3) is 0 Å². The molecule has 4 nitrogen and oxygen atoms in total. The third-order valence-corrected chi connectivity index (χ3v) is 6.25. The lowest BCUT2D eigenvalue weighted by Crippen LogP contribution is -2.36. The standard InChI is InChI=1S/C20H19N2O2P/c23-20(21-15-17-9-7-8-14-22(17)24)16-25(18-10-3-1-4-11-18)19-12-5-2-6-13-19/h1-14H,15-16H2,(H,21,23). The van der Waals surface area contributed by atoms with Gasteiger partial charge < -0.3 is 10.5 Å². The Hall–Kier alpha value is -2.71. The first-order valence-corrected chi connectivity index (χ1v) is 9.58. The average Bonchev–Trinajstić information content (AvgIpc) is 2.67. The zero-order valence-corrected chi connectivity index (χ0v) is 14.6. The van der Waals surface area contributed by atoms with Gasteiger partial charge in [-0.15, -0.1) is 0 Å². The fourth-order valence-corrected chi connectivity index (χ4v) is 4.66. The molecule has 0 aliphatic heterocycles. The van der Waals surface area contributed by atoms with Crippen LogP contribution < -0.4 is 20.7 Å². The number of hydrogen-bond acceptors (Lipinski definition) is 2. The summed E-state index contributed by atoms with van der Waals surface area (Å²) in [5.74, 6) is -0.0531. The zero-order chi connectivity index (χ0) is 17.5. The summed E-state index contributed by atoms with van der Waals surface area (Å²) >= 11 is 0. The zero-order valence-electron chi connectivity index (χ0n) is 13.7. The molecule has 0 atom stereocenters. The van der Waals surface area contributed by atoms with E-state index in [0.29, 0.717) is 11.9 Å². The molecular formula is C20H19N2O2P. The molecule has 2 aromatic carbocycles. The van der Waals surface area contributed by atoms with Crippen LogP contribution in [0.4, 0.5) is 0 Å². The molecule has 0 unspecified atom stereocenters. The molecule has 0 aliphatic carbocycles. The molecular weight excluding hydrogens is 331 g/mol. The van der Waals surface area contributed by atoms with Gasteiger partial charge in [0.15, 0.2) is 6.20 Å². The molecule has 0 bridgehead atoms. The van der Waals surface area contributed by atoms with Gasteiger partial charge in [-0.1, -0.05) is 60.7 Å². The number of nitrogens with zero attached hydrogens (tertiary/aromatic N) is 1. The lowest BCUT2D eigenvalue weighted by Gasteiger charge is -2.18. The number of hydrogen-bond donors (Lipinski definition) is 1. The average molecular weight is 350 g/mol. The third kappa shape index (κ3) is 4.65. The number of aromatic nitrogens is 1. The van der Waals surface area contributed by atoms with E-state index in [9.17, 15) is 10.0 Å². The van der Waals surface area contributed by atoms with Gasteiger partial charge in [0.2, 0.25) is 11.6 Å². The number of nitrogens with one attached hydrogen (secondary N) is 1. The Kier molecular flexibility index (Phi) is 5.76. The number of carbonyl (C=O) groups excluding carboxylic acids is 1. The van der Waals surface area contributed by atoms with Crippen LogP contribution in [0.2, 0.25) is 0 Å². The summed E-state index contributed by atoms with van der Waals surface area (Å²) in [6.45, 7) is 0.232. The van der Waals surface area contributed by atoms with Gasteiger partial charge in [0.25, 0.3) is 0 Å². The fourth-order valence-electron chi connectivity index (χ4n) is 2.54. The second kappa shape index (κ2) is 8.41. The number of pyridine rings is 1. The van der Waals surface area contributed by atoms with Gasteiger partial charge in [-0.05, 0) is 24.6 Å². The van der Waals surface area contributed by atoms with Crippen molar-refractivity contribution in [2.45, 2.75) is 6.54 Å². The molecule has 0 spiro atoms. The Bertz CT molecular complexity index is 786. The highest BCUT2D eigenvalue weighted by Gasteiger charge is 2.18. The summed E-state index contributed by atoms with van der Waals surface area (Å²) < 4.78 is 0.775. The summed E-state index contributed by atoms with van der Waals surface area (Å²) in [7, 11) is -0.775. The van der Waals surface area contributed by atoms with E-state index in [1.165, 1.54) is 6.20 Å².